The Hall–Kier alpha value is -3.82. The minimum atomic E-state index is -3.90. The third-order valence-electron chi connectivity index (χ3n) is 6.57. The van der Waals surface area contributed by atoms with E-state index >= 15 is 0 Å². The average molecular weight is 535 g/mol. The van der Waals surface area contributed by atoms with Crippen LogP contribution in [0.1, 0.15) is 50.4 Å². The molecule has 0 aliphatic carbocycles. The van der Waals surface area contributed by atoms with E-state index in [-0.39, 0.29) is 35.2 Å². The summed E-state index contributed by atoms with van der Waals surface area (Å²) in [5, 5.41) is 0. The molecule has 1 heterocycles. The van der Waals surface area contributed by atoms with Crippen molar-refractivity contribution in [2.75, 3.05) is 26.2 Å². The van der Waals surface area contributed by atoms with Gasteiger partial charge in [-0.25, -0.2) is 13.2 Å². The van der Waals surface area contributed by atoms with E-state index in [0.29, 0.717) is 24.2 Å². The van der Waals surface area contributed by atoms with Crippen LogP contribution in [0, 0.1) is 13.8 Å². The molecule has 9 heteroatoms. The van der Waals surface area contributed by atoms with E-state index < -0.39 is 22.1 Å². The number of ether oxygens (including phenoxy) is 1. The van der Waals surface area contributed by atoms with E-state index in [2.05, 4.69) is 0 Å². The van der Waals surface area contributed by atoms with Crippen LogP contribution < -0.4 is 0 Å². The highest BCUT2D eigenvalue weighted by atomic mass is 32.2. The van der Waals surface area contributed by atoms with Crippen LogP contribution in [-0.2, 0) is 19.6 Å². The van der Waals surface area contributed by atoms with E-state index in [9.17, 15) is 22.8 Å². The van der Waals surface area contributed by atoms with Gasteiger partial charge in [-0.15, -0.1) is 0 Å². The summed E-state index contributed by atoms with van der Waals surface area (Å²) >= 11 is 0. The molecule has 1 amide bonds. The smallest absolute Gasteiger partial charge is 0.339 e. The van der Waals surface area contributed by atoms with Gasteiger partial charge in [-0.1, -0.05) is 65.7 Å². The number of sulfonamides is 1. The van der Waals surface area contributed by atoms with Crippen LogP contribution in [0.15, 0.2) is 77.7 Å². The Bertz CT molecular complexity index is 1440. The highest BCUT2D eigenvalue weighted by Gasteiger charge is 2.31. The summed E-state index contributed by atoms with van der Waals surface area (Å²) in [4.78, 5) is 39.8. The second-order valence-corrected chi connectivity index (χ2v) is 11.3. The molecule has 3 aromatic rings. The molecule has 0 spiro atoms. The first-order valence-electron chi connectivity index (χ1n) is 12.3. The van der Waals surface area contributed by atoms with Gasteiger partial charge >= 0.3 is 5.97 Å². The molecule has 1 aliphatic rings. The molecule has 0 radical (unpaired) electrons. The van der Waals surface area contributed by atoms with Crippen LogP contribution in [0.5, 0.6) is 0 Å². The lowest BCUT2D eigenvalue weighted by molar-refractivity contribution is -0.129. The highest BCUT2D eigenvalue weighted by molar-refractivity contribution is 7.89. The fourth-order valence-corrected chi connectivity index (χ4v) is 5.70. The second kappa shape index (κ2) is 11.3. The lowest BCUT2D eigenvalue weighted by Gasteiger charge is -2.33. The van der Waals surface area contributed by atoms with Gasteiger partial charge in [-0.2, -0.15) is 4.31 Å². The number of piperazine rings is 1. The van der Waals surface area contributed by atoms with Crippen LogP contribution in [-0.4, -0.2) is 61.5 Å². The van der Waals surface area contributed by atoms with Gasteiger partial charge in [0.15, 0.2) is 6.10 Å². The SMILES string of the molecule is CC(=O)N1CCN(S(=O)(=O)c2cccc(C(=O)OC(C(=O)c3ccc(C)cc3)c3ccc(C)cc3)c2)CC1. The first kappa shape index (κ1) is 27.2. The lowest BCUT2D eigenvalue weighted by atomic mass is 9.98. The maximum atomic E-state index is 13.4. The van der Waals surface area contributed by atoms with E-state index in [1.807, 2.05) is 38.1 Å². The number of amides is 1. The molecule has 1 unspecified atom stereocenters. The molecule has 0 aromatic heterocycles. The number of carbonyl (C=O) groups excluding carboxylic acids is 3. The molecule has 4 rings (SSSR count). The van der Waals surface area contributed by atoms with Crippen molar-refractivity contribution in [1.29, 1.82) is 0 Å². The molecule has 3 aromatic carbocycles. The number of ketones is 1. The second-order valence-electron chi connectivity index (χ2n) is 9.36. The fraction of sp³-hybridized carbons (Fsp3) is 0.276. The van der Waals surface area contributed by atoms with Crippen molar-refractivity contribution < 1.29 is 27.5 Å². The Morgan fingerprint density at radius 3 is 1.95 bits per heavy atom. The van der Waals surface area contributed by atoms with Crippen molar-refractivity contribution in [2.45, 2.75) is 31.8 Å². The predicted octanol–water partition coefficient (Wildman–Crippen LogP) is 3.94. The Labute approximate surface area is 222 Å². The summed E-state index contributed by atoms with van der Waals surface area (Å²) in [7, 11) is -3.90. The molecule has 0 saturated carbocycles. The maximum absolute atomic E-state index is 13.4. The molecule has 198 valence electrons. The zero-order valence-electron chi connectivity index (χ0n) is 21.6. The van der Waals surface area contributed by atoms with Gasteiger partial charge in [0.05, 0.1) is 10.5 Å². The number of Topliss-reactive ketones (excluding diaryl/α,β-unsaturated/α-hetero) is 1. The molecule has 0 N–H and O–H groups in total. The van der Waals surface area contributed by atoms with E-state index in [1.54, 1.807) is 29.2 Å². The third kappa shape index (κ3) is 6.00. The lowest BCUT2D eigenvalue weighted by Crippen LogP contribution is -2.49. The molecule has 8 nitrogen and oxygen atoms in total. The quantitative estimate of drug-likeness (QED) is 0.336. The normalized spacial score (nSPS) is 15.1. The zero-order valence-corrected chi connectivity index (χ0v) is 22.4. The van der Waals surface area contributed by atoms with Crippen molar-refractivity contribution in [3.8, 4) is 0 Å². The average Bonchev–Trinajstić information content (AvgIpc) is 2.92. The van der Waals surface area contributed by atoms with Crippen LogP contribution >= 0.6 is 0 Å². The molecular formula is C29H30N2O6S. The molecule has 1 fully saturated rings. The topological polar surface area (TPSA) is 101 Å². The monoisotopic (exact) mass is 534 g/mol. The number of nitrogens with zero attached hydrogens (tertiary/aromatic N) is 2. The molecular weight excluding hydrogens is 504 g/mol. The standard InChI is InChI=1S/C29H30N2O6S/c1-20-7-11-23(12-8-20)27(33)28(24-13-9-21(2)10-14-24)37-29(34)25-5-4-6-26(19-25)38(35,36)31-17-15-30(16-18-31)22(3)32/h4-14,19,28H,15-18H2,1-3H3. The number of hydrogen-bond acceptors (Lipinski definition) is 6. The van der Waals surface area contributed by atoms with Gasteiger partial charge in [0.1, 0.15) is 0 Å². The third-order valence-corrected chi connectivity index (χ3v) is 8.47. The molecule has 1 saturated heterocycles. The molecule has 1 aliphatic heterocycles. The van der Waals surface area contributed by atoms with E-state index in [0.717, 1.165) is 11.1 Å². The minimum Gasteiger partial charge on any atom is -0.445 e. The zero-order chi connectivity index (χ0) is 27.4. The summed E-state index contributed by atoms with van der Waals surface area (Å²) in [5.41, 5.74) is 2.91. The van der Waals surface area contributed by atoms with E-state index in [4.69, 9.17) is 4.74 Å². The number of carbonyl (C=O) groups is 3. The largest absolute Gasteiger partial charge is 0.445 e. The number of rotatable bonds is 7. The van der Waals surface area contributed by atoms with Crippen molar-refractivity contribution in [3.05, 3.63) is 101 Å². The van der Waals surface area contributed by atoms with Gasteiger partial charge in [0.25, 0.3) is 0 Å². The highest BCUT2D eigenvalue weighted by Crippen LogP contribution is 2.26. The summed E-state index contributed by atoms with van der Waals surface area (Å²) < 4.78 is 33.5. The summed E-state index contributed by atoms with van der Waals surface area (Å²) in [6.07, 6.45) is -1.20. The van der Waals surface area contributed by atoms with Gasteiger partial charge in [0.2, 0.25) is 21.7 Å². The van der Waals surface area contributed by atoms with Gasteiger partial charge < -0.3 is 9.64 Å². The van der Waals surface area contributed by atoms with Crippen LogP contribution in [0.2, 0.25) is 0 Å². The Kier molecular flexibility index (Phi) is 8.08. The van der Waals surface area contributed by atoms with Crippen molar-refractivity contribution >= 4 is 27.7 Å². The van der Waals surface area contributed by atoms with Crippen molar-refractivity contribution in [2.24, 2.45) is 0 Å². The van der Waals surface area contributed by atoms with Crippen LogP contribution in [0.3, 0.4) is 0 Å². The Balaban J connectivity index is 1.58. The first-order chi connectivity index (χ1) is 18.1. The number of benzene rings is 3. The van der Waals surface area contributed by atoms with Crippen molar-refractivity contribution in [1.82, 2.24) is 9.21 Å². The summed E-state index contributed by atoms with van der Waals surface area (Å²) in [5.74, 6) is -1.29. The summed E-state index contributed by atoms with van der Waals surface area (Å²) in [6, 6.07) is 19.7. The molecule has 38 heavy (non-hydrogen) atoms. The number of aryl methyl sites for hydroxylation is 2. The van der Waals surface area contributed by atoms with Gasteiger partial charge in [0, 0.05) is 44.2 Å². The number of hydrogen-bond donors (Lipinski definition) is 0. The molecule has 1 atom stereocenters. The van der Waals surface area contributed by atoms with Gasteiger partial charge in [-0.05, 0) is 32.0 Å². The summed E-state index contributed by atoms with van der Waals surface area (Å²) in [6.45, 7) is 6.21. The first-order valence-corrected chi connectivity index (χ1v) is 13.7. The van der Waals surface area contributed by atoms with Crippen LogP contribution in [0.25, 0.3) is 0 Å². The fourth-order valence-electron chi connectivity index (χ4n) is 4.23. The van der Waals surface area contributed by atoms with Crippen molar-refractivity contribution in [3.63, 3.8) is 0 Å². The Morgan fingerprint density at radius 1 is 0.789 bits per heavy atom. The minimum absolute atomic E-state index is 0.0160. The predicted molar refractivity (Wildman–Crippen MR) is 142 cm³/mol. The Morgan fingerprint density at radius 2 is 1.37 bits per heavy atom. The number of esters is 1. The molecule has 0 bridgehead atoms. The van der Waals surface area contributed by atoms with E-state index in [1.165, 1.54) is 35.5 Å². The van der Waals surface area contributed by atoms with Gasteiger partial charge in [-0.3, -0.25) is 9.59 Å². The van der Waals surface area contributed by atoms with Crippen LogP contribution in [0.4, 0.5) is 0 Å². The maximum Gasteiger partial charge on any atom is 0.339 e.